The van der Waals surface area contributed by atoms with E-state index < -0.39 is 16.4 Å². The van der Waals surface area contributed by atoms with Crippen LogP contribution in [0, 0.1) is 10.1 Å². The maximum atomic E-state index is 12.2. The fourth-order valence-corrected chi connectivity index (χ4v) is 2.59. The number of nitro groups is 1. The molecule has 1 aromatic carbocycles. The van der Waals surface area contributed by atoms with Crippen molar-refractivity contribution in [3.8, 4) is 5.75 Å². The van der Waals surface area contributed by atoms with Gasteiger partial charge in [-0.3, -0.25) is 10.1 Å². The molecule has 1 aliphatic carbocycles. The molecule has 2 N–H and O–H groups in total. The third-order valence-electron chi connectivity index (χ3n) is 3.87. The van der Waals surface area contributed by atoms with Crippen LogP contribution in [0.3, 0.4) is 0 Å². The van der Waals surface area contributed by atoms with Crippen molar-refractivity contribution in [3.05, 3.63) is 28.3 Å². The topological polar surface area (TPSA) is 95.7 Å². The van der Waals surface area contributed by atoms with Crippen LogP contribution in [0.25, 0.3) is 0 Å². The van der Waals surface area contributed by atoms with Gasteiger partial charge in [0.25, 0.3) is 0 Å². The highest BCUT2D eigenvalue weighted by molar-refractivity contribution is 5.90. The van der Waals surface area contributed by atoms with Crippen molar-refractivity contribution in [2.24, 2.45) is 0 Å². The van der Waals surface area contributed by atoms with Crippen LogP contribution >= 0.6 is 0 Å². The number of aromatic hydroxyl groups is 1. The SMILES string of the molecule is CN(C(=O)Nc1ccc(O)c([N+](=O)[O-])c1)C1CCCCC1. The van der Waals surface area contributed by atoms with E-state index >= 15 is 0 Å². The van der Waals surface area contributed by atoms with Crippen LogP contribution < -0.4 is 5.32 Å². The maximum Gasteiger partial charge on any atom is 0.321 e. The van der Waals surface area contributed by atoms with E-state index in [0.717, 1.165) is 31.7 Å². The Balaban J connectivity index is 2.05. The molecular formula is C14H19N3O4. The van der Waals surface area contributed by atoms with E-state index in [2.05, 4.69) is 5.32 Å². The Labute approximate surface area is 122 Å². The van der Waals surface area contributed by atoms with E-state index in [0.29, 0.717) is 5.69 Å². The number of carbonyl (C=O) groups is 1. The lowest BCUT2D eigenvalue weighted by Gasteiger charge is -2.31. The molecule has 2 rings (SSSR count). The highest BCUT2D eigenvalue weighted by Gasteiger charge is 2.22. The number of nitrogens with one attached hydrogen (secondary N) is 1. The number of nitro benzene ring substituents is 1. The molecule has 21 heavy (non-hydrogen) atoms. The Hall–Kier alpha value is -2.31. The van der Waals surface area contributed by atoms with Crippen LogP contribution in [0.15, 0.2) is 18.2 Å². The van der Waals surface area contributed by atoms with E-state index in [4.69, 9.17) is 0 Å². The van der Waals surface area contributed by atoms with Crippen molar-refractivity contribution in [3.63, 3.8) is 0 Å². The second-order valence-corrected chi connectivity index (χ2v) is 5.29. The molecule has 2 amide bonds. The van der Waals surface area contributed by atoms with Gasteiger partial charge in [0, 0.05) is 24.8 Å². The van der Waals surface area contributed by atoms with Crippen molar-refractivity contribution >= 4 is 17.4 Å². The number of urea groups is 1. The summed E-state index contributed by atoms with van der Waals surface area (Å²) in [4.78, 5) is 23.9. The summed E-state index contributed by atoms with van der Waals surface area (Å²) < 4.78 is 0. The first-order valence-electron chi connectivity index (χ1n) is 7.00. The zero-order valence-corrected chi connectivity index (χ0v) is 11.9. The summed E-state index contributed by atoms with van der Waals surface area (Å²) >= 11 is 0. The molecule has 0 aliphatic heterocycles. The number of nitrogens with zero attached hydrogens (tertiary/aromatic N) is 2. The fraction of sp³-hybridized carbons (Fsp3) is 0.500. The predicted molar refractivity (Wildman–Crippen MR) is 78.4 cm³/mol. The number of anilines is 1. The molecule has 0 aromatic heterocycles. The number of hydrogen-bond donors (Lipinski definition) is 2. The standard InChI is InChI=1S/C14H19N3O4/c1-16(11-5-3-2-4-6-11)14(19)15-10-7-8-13(18)12(9-10)17(20)21/h7-9,11,18H,2-6H2,1H3,(H,15,19). The first-order valence-corrected chi connectivity index (χ1v) is 7.00. The monoisotopic (exact) mass is 293 g/mol. The number of rotatable bonds is 3. The van der Waals surface area contributed by atoms with Gasteiger partial charge in [0.2, 0.25) is 0 Å². The highest BCUT2D eigenvalue weighted by Crippen LogP contribution is 2.29. The van der Waals surface area contributed by atoms with Gasteiger partial charge >= 0.3 is 11.7 Å². The lowest BCUT2D eigenvalue weighted by molar-refractivity contribution is -0.385. The Morgan fingerprint density at radius 1 is 1.38 bits per heavy atom. The Morgan fingerprint density at radius 3 is 2.67 bits per heavy atom. The van der Waals surface area contributed by atoms with Gasteiger partial charge in [0.1, 0.15) is 0 Å². The molecule has 0 unspecified atom stereocenters. The minimum atomic E-state index is -0.685. The summed E-state index contributed by atoms with van der Waals surface area (Å²) in [7, 11) is 1.74. The average Bonchev–Trinajstić information content (AvgIpc) is 2.49. The summed E-state index contributed by atoms with van der Waals surface area (Å²) in [5.41, 5.74) is -0.125. The summed E-state index contributed by atoms with van der Waals surface area (Å²) in [5, 5.41) is 22.8. The van der Waals surface area contributed by atoms with E-state index in [1.807, 2.05) is 0 Å². The molecule has 7 heteroatoms. The van der Waals surface area contributed by atoms with Gasteiger partial charge < -0.3 is 15.3 Å². The van der Waals surface area contributed by atoms with Crippen LogP contribution in [0.2, 0.25) is 0 Å². The molecule has 7 nitrogen and oxygen atoms in total. The van der Waals surface area contributed by atoms with Crippen molar-refractivity contribution in [1.82, 2.24) is 4.90 Å². The Bertz CT molecular complexity index is 541. The highest BCUT2D eigenvalue weighted by atomic mass is 16.6. The van der Waals surface area contributed by atoms with Crippen LogP contribution in [-0.4, -0.2) is 34.1 Å². The summed E-state index contributed by atoms with van der Waals surface area (Å²) in [5.74, 6) is -0.418. The molecule has 1 fully saturated rings. The molecule has 1 saturated carbocycles. The van der Waals surface area contributed by atoms with Crippen LogP contribution in [-0.2, 0) is 0 Å². The lowest BCUT2D eigenvalue weighted by atomic mass is 9.95. The minimum Gasteiger partial charge on any atom is -0.502 e. The van der Waals surface area contributed by atoms with Crippen LogP contribution in [0.4, 0.5) is 16.2 Å². The minimum absolute atomic E-state index is 0.214. The quantitative estimate of drug-likeness (QED) is 0.508. The van der Waals surface area contributed by atoms with Gasteiger partial charge in [-0.15, -0.1) is 0 Å². The molecule has 0 bridgehead atoms. The van der Waals surface area contributed by atoms with Crippen LogP contribution in [0.1, 0.15) is 32.1 Å². The number of carbonyl (C=O) groups excluding carboxylic acids is 1. The Morgan fingerprint density at radius 2 is 2.05 bits per heavy atom. The number of benzene rings is 1. The molecule has 0 atom stereocenters. The molecule has 0 heterocycles. The van der Waals surface area contributed by atoms with Crippen molar-refractivity contribution in [2.75, 3.05) is 12.4 Å². The second kappa shape index (κ2) is 6.43. The number of phenolic OH excluding ortho intramolecular Hbond substituents is 1. The number of phenols is 1. The van der Waals surface area contributed by atoms with Gasteiger partial charge in [-0.25, -0.2) is 4.79 Å². The third kappa shape index (κ3) is 3.62. The first kappa shape index (κ1) is 15.1. The number of amides is 2. The van der Waals surface area contributed by atoms with E-state index in [9.17, 15) is 20.0 Å². The zero-order chi connectivity index (χ0) is 15.4. The molecule has 0 radical (unpaired) electrons. The second-order valence-electron chi connectivity index (χ2n) is 5.29. The normalized spacial score (nSPS) is 15.5. The Kier molecular flexibility index (Phi) is 4.62. The van der Waals surface area contributed by atoms with Crippen molar-refractivity contribution in [2.45, 2.75) is 38.1 Å². The fourth-order valence-electron chi connectivity index (χ4n) is 2.59. The van der Waals surface area contributed by atoms with Gasteiger partial charge in [0.05, 0.1) is 4.92 Å². The molecule has 0 spiro atoms. The van der Waals surface area contributed by atoms with E-state index in [1.54, 1.807) is 11.9 Å². The van der Waals surface area contributed by atoms with Gasteiger partial charge in [-0.05, 0) is 25.0 Å². The smallest absolute Gasteiger partial charge is 0.321 e. The largest absolute Gasteiger partial charge is 0.502 e. The summed E-state index contributed by atoms with van der Waals surface area (Å²) in [6.45, 7) is 0. The van der Waals surface area contributed by atoms with E-state index in [-0.39, 0.29) is 12.1 Å². The molecular weight excluding hydrogens is 274 g/mol. The number of hydrogen-bond acceptors (Lipinski definition) is 4. The van der Waals surface area contributed by atoms with Crippen molar-refractivity contribution in [1.29, 1.82) is 0 Å². The van der Waals surface area contributed by atoms with Gasteiger partial charge in [-0.1, -0.05) is 19.3 Å². The zero-order valence-electron chi connectivity index (χ0n) is 11.9. The third-order valence-corrected chi connectivity index (χ3v) is 3.87. The lowest BCUT2D eigenvalue weighted by Crippen LogP contribution is -2.40. The summed E-state index contributed by atoms with van der Waals surface area (Å²) in [6.07, 6.45) is 5.41. The molecule has 114 valence electrons. The maximum absolute atomic E-state index is 12.2. The summed E-state index contributed by atoms with van der Waals surface area (Å²) in [6, 6.07) is 3.72. The first-order chi connectivity index (χ1) is 9.99. The molecule has 1 aliphatic rings. The van der Waals surface area contributed by atoms with E-state index in [1.165, 1.54) is 18.6 Å². The van der Waals surface area contributed by atoms with Crippen LogP contribution in [0.5, 0.6) is 5.75 Å². The molecule has 0 saturated heterocycles. The van der Waals surface area contributed by atoms with Crippen molar-refractivity contribution < 1.29 is 14.8 Å². The average molecular weight is 293 g/mol. The molecule has 1 aromatic rings. The van der Waals surface area contributed by atoms with Gasteiger partial charge in [0.15, 0.2) is 5.75 Å². The van der Waals surface area contributed by atoms with Gasteiger partial charge in [-0.2, -0.15) is 0 Å². The predicted octanol–water partition coefficient (Wildman–Crippen LogP) is 3.10.